The van der Waals surface area contributed by atoms with Crippen LogP contribution < -0.4 is 0 Å². The van der Waals surface area contributed by atoms with Crippen LogP contribution in [-0.2, 0) is 10.1 Å². The second-order valence-electron chi connectivity index (χ2n) is 2.57. The monoisotopic (exact) mass is 241 g/mol. The molecule has 0 rings (SSSR count). The molecule has 0 radical (unpaired) electrons. The SMILES string of the molecule is O=S(=O)([O-])CCCC(F)(F)C(F)(F)F. The molecular weight excluding hydrogens is 235 g/mol. The lowest BCUT2D eigenvalue weighted by Gasteiger charge is -2.19. The lowest BCUT2D eigenvalue weighted by molar-refractivity contribution is -0.284. The van der Waals surface area contributed by atoms with Gasteiger partial charge in [-0.1, -0.05) is 0 Å². The Morgan fingerprint density at radius 3 is 1.79 bits per heavy atom. The van der Waals surface area contributed by atoms with Crippen molar-refractivity contribution in [2.45, 2.75) is 24.9 Å². The largest absolute Gasteiger partial charge is 0.748 e. The highest BCUT2D eigenvalue weighted by Crippen LogP contribution is 2.38. The molecule has 0 saturated heterocycles. The van der Waals surface area contributed by atoms with Gasteiger partial charge in [0.15, 0.2) is 0 Å². The van der Waals surface area contributed by atoms with Crippen molar-refractivity contribution in [3.05, 3.63) is 0 Å². The van der Waals surface area contributed by atoms with Gasteiger partial charge in [-0.2, -0.15) is 22.0 Å². The van der Waals surface area contributed by atoms with Gasteiger partial charge in [-0.25, -0.2) is 8.42 Å². The fourth-order valence-electron chi connectivity index (χ4n) is 0.613. The van der Waals surface area contributed by atoms with E-state index in [1.807, 2.05) is 0 Å². The number of halogens is 5. The van der Waals surface area contributed by atoms with E-state index >= 15 is 0 Å². The van der Waals surface area contributed by atoms with Crippen molar-refractivity contribution in [2.24, 2.45) is 0 Å². The fourth-order valence-corrected chi connectivity index (χ4v) is 1.11. The lowest BCUT2D eigenvalue weighted by Crippen LogP contribution is -2.36. The van der Waals surface area contributed by atoms with Crippen molar-refractivity contribution in [2.75, 3.05) is 5.75 Å². The molecule has 0 bridgehead atoms. The Labute approximate surface area is 76.7 Å². The van der Waals surface area contributed by atoms with Crippen molar-refractivity contribution in [3.8, 4) is 0 Å². The summed E-state index contributed by atoms with van der Waals surface area (Å²) < 4.78 is 88.3. The zero-order valence-corrected chi connectivity index (χ0v) is 7.46. The standard InChI is InChI=1S/C5H7F5O3S/c6-4(7,5(8,9)10)2-1-3-14(11,12)13/h1-3H2,(H,11,12,13)/p-1. The molecule has 0 fully saturated rings. The minimum Gasteiger partial charge on any atom is -0.748 e. The molecule has 0 aliphatic heterocycles. The first-order valence-corrected chi connectivity index (χ1v) is 4.91. The highest BCUT2D eigenvalue weighted by molar-refractivity contribution is 7.85. The minimum atomic E-state index is -5.71. The van der Waals surface area contributed by atoms with Gasteiger partial charge in [-0.15, -0.1) is 0 Å². The fraction of sp³-hybridized carbons (Fsp3) is 1.00. The maximum atomic E-state index is 12.1. The summed E-state index contributed by atoms with van der Waals surface area (Å²) in [6.45, 7) is 0. The summed E-state index contributed by atoms with van der Waals surface area (Å²) in [5.41, 5.74) is 0. The Hall–Kier alpha value is -0.440. The first kappa shape index (κ1) is 13.6. The van der Waals surface area contributed by atoms with E-state index in [0.717, 1.165) is 0 Å². The summed E-state index contributed by atoms with van der Waals surface area (Å²) in [5.74, 6) is -6.17. The first-order chi connectivity index (χ1) is 5.96. The molecule has 0 spiro atoms. The van der Waals surface area contributed by atoms with Gasteiger partial charge in [0.05, 0.1) is 10.1 Å². The van der Waals surface area contributed by atoms with E-state index in [0.29, 0.717) is 0 Å². The molecule has 0 atom stereocenters. The molecule has 0 aromatic heterocycles. The second-order valence-corrected chi connectivity index (χ2v) is 4.09. The predicted octanol–water partition coefficient (Wildman–Crippen LogP) is 1.51. The lowest BCUT2D eigenvalue weighted by atomic mass is 10.2. The summed E-state index contributed by atoms with van der Waals surface area (Å²) in [7, 11) is -4.74. The Morgan fingerprint density at radius 2 is 1.50 bits per heavy atom. The zero-order valence-electron chi connectivity index (χ0n) is 6.64. The van der Waals surface area contributed by atoms with Crippen molar-refractivity contribution in [1.82, 2.24) is 0 Å². The number of rotatable bonds is 4. The van der Waals surface area contributed by atoms with E-state index in [2.05, 4.69) is 0 Å². The van der Waals surface area contributed by atoms with E-state index < -0.39 is 40.8 Å². The number of hydrogen-bond acceptors (Lipinski definition) is 3. The van der Waals surface area contributed by atoms with Gasteiger partial charge < -0.3 is 4.55 Å². The predicted molar refractivity (Wildman–Crippen MR) is 34.8 cm³/mol. The second kappa shape index (κ2) is 3.97. The van der Waals surface area contributed by atoms with E-state index in [-0.39, 0.29) is 0 Å². The van der Waals surface area contributed by atoms with Crippen LogP contribution in [0.2, 0.25) is 0 Å². The van der Waals surface area contributed by atoms with Crippen LogP contribution >= 0.6 is 0 Å². The smallest absolute Gasteiger partial charge is 0.453 e. The summed E-state index contributed by atoms with van der Waals surface area (Å²) in [6.07, 6.45) is -8.42. The van der Waals surface area contributed by atoms with Crippen LogP contribution in [-0.4, -0.2) is 30.8 Å². The first-order valence-electron chi connectivity index (χ1n) is 3.34. The van der Waals surface area contributed by atoms with Crippen LogP contribution in [0.15, 0.2) is 0 Å². The minimum absolute atomic E-state index is 1.02. The van der Waals surface area contributed by atoms with Crippen LogP contribution in [0.4, 0.5) is 22.0 Å². The Balaban J connectivity index is 4.15. The summed E-state index contributed by atoms with van der Waals surface area (Å²) in [5, 5.41) is 0. The maximum absolute atomic E-state index is 12.1. The molecule has 0 N–H and O–H groups in total. The maximum Gasteiger partial charge on any atom is 0.453 e. The van der Waals surface area contributed by atoms with E-state index in [9.17, 15) is 34.9 Å². The van der Waals surface area contributed by atoms with Crippen molar-refractivity contribution < 1.29 is 34.9 Å². The van der Waals surface area contributed by atoms with Crippen LogP contribution in [0, 0.1) is 0 Å². The average molecular weight is 241 g/mol. The number of hydrogen-bond donors (Lipinski definition) is 0. The van der Waals surface area contributed by atoms with Gasteiger partial charge in [0.25, 0.3) is 0 Å². The van der Waals surface area contributed by atoms with Crippen LogP contribution in [0.25, 0.3) is 0 Å². The van der Waals surface area contributed by atoms with Crippen LogP contribution in [0.5, 0.6) is 0 Å². The quantitative estimate of drug-likeness (QED) is 0.553. The Bertz CT molecular complexity index is 280. The van der Waals surface area contributed by atoms with Gasteiger partial charge in [0, 0.05) is 12.2 Å². The van der Waals surface area contributed by atoms with Gasteiger partial charge in [-0.05, 0) is 6.42 Å². The highest BCUT2D eigenvalue weighted by atomic mass is 32.2. The number of alkyl halides is 5. The molecule has 9 heteroatoms. The van der Waals surface area contributed by atoms with Crippen molar-refractivity contribution in [3.63, 3.8) is 0 Å². The molecular formula is C5H6F5O3S-. The topological polar surface area (TPSA) is 57.2 Å². The zero-order chi connectivity index (χ0) is 11.6. The molecule has 86 valence electrons. The van der Waals surface area contributed by atoms with Gasteiger partial charge in [0.2, 0.25) is 0 Å². The third-order valence-electron chi connectivity index (χ3n) is 1.30. The molecule has 0 saturated carbocycles. The van der Waals surface area contributed by atoms with E-state index in [4.69, 9.17) is 0 Å². The third kappa shape index (κ3) is 4.70. The molecule has 0 amide bonds. The van der Waals surface area contributed by atoms with Gasteiger partial charge >= 0.3 is 12.1 Å². The molecule has 0 aromatic carbocycles. The summed E-state index contributed by atoms with van der Waals surface area (Å²) in [4.78, 5) is 0. The third-order valence-corrected chi connectivity index (χ3v) is 2.09. The molecule has 3 nitrogen and oxygen atoms in total. The Morgan fingerprint density at radius 1 is 1.07 bits per heavy atom. The van der Waals surface area contributed by atoms with Gasteiger partial charge in [-0.3, -0.25) is 0 Å². The molecule has 0 aliphatic carbocycles. The average Bonchev–Trinajstić information content (AvgIpc) is 1.80. The molecule has 0 aliphatic rings. The van der Waals surface area contributed by atoms with Crippen molar-refractivity contribution in [1.29, 1.82) is 0 Å². The molecule has 0 unspecified atom stereocenters. The molecule has 14 heavy (non-hydrogen) atoms. The molecule has 0 aromatic rings. The summed E-state index contributed by atoms with van der Waals surface area (Å²) >= 11 is 0. The van der Waals surface area contributed by atoms with E-state index in [1.165, 1.54) is 0 Å². The van der Waals surface area contributed by atoms with Crippen LogP contribution in [0.3, 0.4) is 0 Å². The van der Waals surface area contributed by atoms with E-state index in [1.54, 1.807) is 0 Å². The van der Waals surface area contributed by atoms with Gasteiger partial charge in [0.1, 0.15) is 0 Å². The normalized spacial score (nSPS) is 14.4. The van der Waals surface area contributed by atoms with Crippen LogP contribution in [0.1, 0.15) is 12.8 Å². The summed E-state index contributed by atoms with van der Waals surface area (Å²) in [6, 6.07) is 0. The molecule has 0 heterocycles. The highest BCUT2D eigenvalue weighted by Gasteiger charge is 2.56. The van der Waals surface area contributed by atoms with Crippen molar-refractivity contribution >= 4 is 10.1 Å². The Kier molecular flexibility index (Phi) is 3.85.